The predicted octanol–water partition coefficient (Wildman–Crippen LogP) is 5.40. The quantitative estimate of drug-likeness (QED) is 0.620. The van der Waals surface area contributed by atoms with Crippen LogP contribution in [0.4, 0.5) is 4.39 Å². The third-order valence-corrected chi connectivity index (χ3v) is 4.96. The van der Waals surface area contributed by atoms with Gasteiger partial charge in [-0.15, -0.1) is 0 Å². The van der Waals surface area contributed by atoms with Gasteiger partial charge in [-0.25, -0.2) is 4.39 Å². The molecular weight excluding hydrogens is 403 g/mol. The van der Waals surface area contributed by atoms with Crippen molar-refractivity contribution >= 4 is 31.9 Å². The maximum atomic E-state index is 14.2. The second-order valence-corrected chi connectivity index (χ2v) is 6.30. The van der Waals surface area contributed by atoms with Gasteiger partial charge in [-0.1, -0.05) is 34.1 Å². The minimum atomic E-state index is -0.310. The molecule has 1 unspecified atom stereocenters. The number of aryl methyl sites for hydroxylation is 1. The minimum Gasteiger partial charge on any atom is -0.495 e. The normalized spacial score (nSPS) is 12.1. The SMILES string of the molecule is COc1ccc(C(Br)c2ccc(C)cc2F)c(OC)c1Br. The van der Waals surface area contributed by atoms with Crippen molar-refractivity contribution in [2.24, 2.45) is 0 Å². The summed E-state index contributed by atoms with van der Waals surface area (Å²) < 4.78 is 25.6. The van der Waals surface area contributed by atoms with E-state index in [-0.39, 0.29) is 10.6 Å². The Hall–Kier alpha value is -1.07. The van der Waals surface area contributed by atoms with E-state index in [1.807, 2.05) is 25.1 Å². The molecule has 21 heavy (non-hydrogen) atoms. The lowest BCUT2D eigenvalue weighted by Gasteiger charge is -2.18. The summed E-state index contributed by atoms with van der Waals surface area (Å²) in [6, 6.07) is 8.87. The number of methoxy groups -OCH3 is 2. The van der Waals surface area contributed by atoms with Crippen LogP contribution in [0, 0.1) is 12.7 Å². The van der Waals surface area contributed by atoms with Gasteiger partial charge in [-0.2, -0.15) is 0 Å². The number of ether oxygens (including phenoxy) is 2. The Morgan fingerprint density at radius 2 is 1.71 bits per heavy atom. The molecule has 0 aliphatic carbocycles. The van der Waals surface area contributed by atoms with Gasteiger partial charge in [-0.05, 0) is 40.5 Å². The Kier molecular flexibility index (Phi) is 5.27. The molecule has 0 fully saturated rings. The topological polar surface area (TPSA) is 18.5 Å². The summed E-state index contributed by atoms with van der Waals surface area (Å²) in [5.41, 5.74) is 2.28. The summed E-state index contributed by atoms with van der Waals surface area (Å²) in [6.07, 6.45) is 0. The predicted molar refractivity (Wildman–Crippen MR) is 89.2 cm³/mol. The largest absolute Gasteiger partial charge is 0.495 e. The fraction of sp³-hybridized carbons (Fsp3) is 0.250. The van der Waals surface area contributed by atoms with Crippen LogP contribution in [-0.2, 0) is 0 Å². The van der Waals surface area contributed by atoms with Crippen molar-refractivity contribution in [2.75, 3.05) is 14.2 Å². The van der Waals surface area contributed by atoms with Crippen LogP contribution in [0.15, 0.2) is 34.8 Å². The lowest BCUT2D eigenvalue weighted by molar-refractivity contribution is 0.386. The number of hydrogen-bond acceptors (Lipinski definition) is 2. The molecule has 0 aliphatic heterocycles. The van der Waals surface area contributed by atoms with Crippen molar-refractivity contribution in [3.05, 3.63) is 57.3 Å². The maximum Gasteiger partial charge on any atom is 0.141 e. The molecule has 0 amide bonds. The van der Waals surface area contributed by atoms with Crippen LogP contribution in [-0.4, -0.2) is 14.2 Å². The molecule has 0 heterocycles. The van der Waals surface area contributed by atoms with Crippen LogP contribution >= 0.6 is 31.9 Å². The number of rotatable bonds is 4. The highest BCUT2D eigenvalue weighted by Gasteiger charge is 2.22. The van der Waals surface area contributed by atoms with E-state index in [4.69, 9.17) is 9.47 Å². The third-order valence-electron chi connectivity index (χ3n) is 3.22. The van der Waals surface area contributed by atoms with Crippen LogP contribution < -0.4 is 9.47 Å². The van der Waals surface area contributed by atoms with Gasteiger partial charge in [-0.3, -0.25) is 0 Å². The lowest BCUT2D eigenvalue weighted by Crippen LogP contribution is -2.01. The van der Waals surface area contributed by atoms with E-state index in [1.165, 1.54) is 6.07 Å². The van der Waals surface area contributed by atoms with Crippen LogP contribution in [0.25, 0.3) is 0 Å². The van der Waals surface area contributed by atoms with Crippen LogP contribution in [0.2, 0.25) is 0 Å². The van der Waals surface area contributed by atoms with E-state index >= 15 is 0 Å². The van der Waals surface area contributed by atoms with Crippen LogP contribution in [0.5, 0.6) is 11.5 Å². The first-order chi connectivity index (χ1) is 9.99. The fourth-order valence-corrected chi connectivity index (χ4v) is 3.54. The molecule has 2 rings (SSSR count). The van der Waals surface area contributed by atoms with Gasteiger partial charge in [0.2, 0.25) is 0 Å². The van der Waals surface area contributed by atoms with Gasteiger partial charge < -0.3 is 9.47 Å². The Labute approximate surface area is 140 Å². The number of hydrogen-bond donors (Lipinski definition) is 0. The van der Waals surface area contributed by atoms with E-state index in [9.17, 15) is 4.39 Å². The van der Waals surface area contributed by atoms with Crippen molar-refractivity contribution in [2.45, 2.75) is 11.8 Å². The van der Waals surface area contributed by atoms with Crippen LogP contribution in [0.3, 0.4) is 0 Å². The van der Waals surface area contributed by atoms with E-state index in [0.717, 1.165) is 11.1 Å². The number of benzene rings is 2. The van der Waals surface area contributed by atoms with Crippen LogP contribution in [0.1, 0.15) is 21.5 Å². The molecule has 0 saturated carbocycles. The summed E-state index contributed by atoms with van der Waals surface area (Å²) in [6.45, 7) is 1.86. The molecule has 0 spiro atoms. The van der Waals surface area contributed by atoms with E-state index in [1.54, 1.807) is 20.3 Å². The average Bonchev–Trinajstić information content (AvgIpc) is 2.46. The molecule has 1 atom stereocenters. The van der Waals surface area contributed by atoms with Gasteiger partial charge in [0.1, 0.15) is 21.8 Å². The van der Waals surface area contributed by atoms with Crippen molar-refractivity contribution in [1.29, 1.82) is 0 Å². The number of halogens is 3. The average molecular weight is 418 g/mol. The second kappa shape index (κ2) is 6.79. The molecule has 0 aromatic heterocycles. The molecule has 0 aliphatic rings. The Bertz CT molecular complexity index is 659. The lowest BCUT2D eigenvalue weighted by atomic mass is 10.0. The Balaban J connectivity index is 2.52. The van der Waals surface area contributed by atoms with Crippen molar-refractivity contribution in [3.63, 3.8) is 0 Å². The molecular formula is C16H15Br2FO2. The third kappa shape index (κ3) is 3.24. The van der Waals surface area contributed by atoms with E-state index < -0.39 is 0 Å². The van der Waals surface area contributed by atoms with E-state index in [0.29, 0.717) is 21.5 Å². The van der Waals surface area contributed by atoms with Crippen molar-refractivity contribution in [1.82, 2.24) is 0 Å². The maximum absolute atomic E-state index is 14.2. The Morgan fingerprint density at radius 1 is 1.05 bits per heavy atom. The van der Waals surface area contributed by atoms with Crippen molar-refractivity contribution in [3.8, 4) is 11.5 Å². The summed E-state index contributed by atoms with van der Waals surface area (Å²) in [7, 11) is 3.17. The second-order valence-electron chi connectivity index (χ2n) is 4.59. The monoisotopic (exact) mass is 416 g/mol. The summed E-state index contributed by atoms with van der Waals surface area (Å²) in [4.78, 5) is -0.310. The van der Waals surface area contributed by atoms with Gasteiger partial charge >= 0.3 is 0 Å². The molecule has 5 heteroatoms. The molecule has 2 aromatic rings. The zero-order valence-electron chi connectivity index (χ0n) is 11.9. The summed E-state index contributed by atoms with van der Waals surface area (Å²) >= 11 is 7.02. The molecule has 0 bridgehead atoms. The van der Waals surface area contributed by atoms with Gasteiger partial charge in [0.15, 0.2) is 0 Å². The Morgan fingerprint density at radius 3 is 2.29 bits per heavy atom. The summed E-state index contributed by atoms with van der Waals surface area (Å²) in [5.74, 6) is 1.04. The van der Waals surface area contributed by atoms with E-state index in [2.05, 4.69) is 31.9 Å². The highest BCUT2D eigenvalue weighted by atomic mass is 79.9. The standard InChI is InChI=1S/C16H15Br2FO2/c1-9-4-5-10(12(19)8-9)14(17)11-6-7-13(20-2)15(18)16(11)21-3/h4-8,14H,1-3H3. The zero-order chi connectivity index (χ0) is 15.6. The fourth-order valence-electron chi connectivity index (χ4n) is 2.12. The molecule has 2 nitrogen and oxygen atoms in total. The van der Waals surface area contributed by atoms with Gasteiger partial charge in [0.25, 0.3) is 0 Å². The first-order valence-corrected chi connectivity index (χ1v) is 8.01. The molecule has 0 saturated heterocycles. The smallest absolute Gasteiger partial charge is 0.141 e. The van der Waals surface area contributed by atoms with Crippen molar-refractivity contribution < 1.29 is 13.9 Å². The summed E-state index contributed by atoms with van der Waals surface area (Å²) in [5, 5.41) is 0. The first-order valence-electron chi connectivity index (χ1n) is 6.30. The molecule has 112 valence electrons. The first kappa shape index (κ1) is 16.3. The van der Waals surface area contributed by atoms with Gasteiger partial charge in [0, 0.05) is 11.1 Å². The zero-order valence-corrected chi connectivity index (χ0v) is 15.1. The minimum absolute atomic E-state index is 0.245. The molecule has 0 radical (unpaired) electrons. The molecule has 0 N–H and O–H groups in total. The highest BCUT2D eigenvalue weighted by molar-refractivity contribution is 9.10. The van der Waals surface area contributed by atoms with Gasteiger partial charge in [0.05, 0.1) is 19.0 Å². The molecule has 2 aromatic carbocycles. The highest BCUT2D eigenvalue weighted by Crippen LogP contribution is 2.44. The number of alkyl halides is 1.